The third kappa shape index (κ3) is 4.01. The highest BCUT2D eigenvalue weighted by atomic mass is 32.2. The van der Waals surface area contributed by atoms with Gasteiger partial charge in [-0.2, -0.15) is 11.8 Å². The molecule has 1 amide bonds. The fourth-order valence-electron chi connectivity index (χ4n) is 3.16. The van der Waals surface area contributed by atoms with Crippen LogP contribution in [-0.4, -0.2) is 35.7 Å². The molecule has 1 aliphatic heterocycles. The molecule has 1 heterocycles. The largest absolute Gasteiger partial charge is 0.341 e. The second-order valence-electron chi connectivity index (χ2n) is 6.25. The fraction of sp³-hybridized carbons (Fsp3) is 0.588. The molecule has 3 nitrogen and oxygen atoms in total. The lowest BCUT2D eigenvalue weighted by Gasteiger charge is -2.16. The minimum atomic E-state index is 0.207. The molecule has 1 saturated heterocycles. The van der Waals surface area contributed by atoms with Crippen LogP contribution < -0.4 is 5.73 Å². The van der Waals surface area contributed by atoms with Crippen molar-refractivity contribution in [1.82, 2.24) is 4.90 Å². The van der Waals surface area contributed by atoms with Crippen LogP contribution in [0.3, 0.4) is 0 Å². The van der Waals surface area contributed by atoms with Crippen LogP contribution in [0.15, 0.2) is 30.3 Å². The highest BCUT2D eigenvalue weighted by molar-refractivity contribution is 7.98. The van der Waals surface area contributed by atoms with Crippen molar-refractivity contribution in [2.24, 2.45) is 17.6 Å². The highest BCUT2D eigenvalue weighted by Gasteiger charge is 2.41. The van der Waals surface area contributed by atoms with Crippen LogP contribution in [0.25, 0.3) is 0 Å². The summed E-state index contributed by atoms with van der Waals surface area (Å²) in [5, 5.41) is 0. The number of carbonyl (C=O) groups excluding carboxylic acids is 1. The van der Waals surface area contributed by atoms with Crippen molar-refractivity contribution in [3.63, 3.8) is 0 Å². The van der Waals surface area contributed by atoms with Gasteiger partial charge in [-0.25, -0.2) is 0 Å². The summed E-state index contributed by atoms with van der Waals surface area (Å²) in [5.41, 5.74) is 7.51. The number of nitrogens with two attached hydrogens (primary N) is 1. The lowest BCUT2D eigenvalue weighted by molar-refractivity contribution is -0.129. The van der Waals surface area contributed by atoms with Crippen LogP contribution in [0.1, 0.15) is 24.8 Å². The second kappa shape index (κ2) is 6.84. The van der Waals surface area contributed by atoms with Crippen LogP contribution in [0.4, 0.5) is 0 Å². The van der Waals surface area contributed by atoms with Gasteiger partial charge in [-0.1, -0.05) is 30.3 Å². The van der Waals surface area contributed by atoms with Gasteiger partial charge in [-0.05, 0) is 30.2 Å². The van der Waals surface area contributed by atoms with E-state index >= 15 is 0 Å². The first kappa shape index (κ1) is 14.9. The van der Waals surface area contributed by atoms with Gasteiger partial charge in [0.05, 0.1) is 0 Å². The number of thioether (sulfide) groups is 1. The van der Waals surface area contributed by atoms with Gasteiger partial charge in [0, 0.05) is 37.1 Å². The monoisotopic (exact) mass is 304 g/mol. The summed E-state index contributed by atoms with van der Waals surface area (Å²) in [4.78, 5) is 14.2. The molecule has 1 aliphatic carbocycles. The first-order valence-electron chi connectivity index (χ1n) is 7.89. The minimum absolute atomic E-state index is 0.207. The Kier molecular flexibility index (Phi) is 4.86. The molecular weight excluding hydrogens is 280 g/mol. The molecule has 0 spiro atoms. The Bertz CT molecular complexity index is 475. The van der Waals surface area contributed by atoms with Gasteiger partial charge in [0.25, 0.3) is 0 Å². The van der Waals surface area contributed by atoms with E-state index in [-0.39, 0.29) is 11.9 Å². The summed E-state index contributed by atoms with van der Waals surface area (Å²) in [6.07, 6.45) is 3.27. The average molecular weight is 304 g/mol. The van der Waals surface area contributed by atoms with Crippen LogP contribution in [0, 0.1) is 11.8 Å². The number of hydrogen-bond acceptors (Lipinski definition) is 3. The molecule has 0 aromatic heterocycles. The molecule has 1 aromatic rings. The molecule has 1 saturated carbocycles. The number of amides is 1. The van der Waals surface area contributed by atoms with Crippen molar-refractivity contribution in [3.8, 4) is 0 Å². The molecule has 1 aromatic carbocycles. The summed E-state index contributed by atoms with van der Waals surface area (Å²) in [7, 11) is 0. The molecule has 21 heavy (non-hydrogen) atoms. The Hall–Kier alpha value is -1.00. The third-order valence-corrected chi connectivity index (χ3v) is 5.59. The van der Waals surface area contributed by atoms with E-state index in [2.05, 4.69) is 24.3 Å². The first-order valence-corrected chi connectivity index (χ1v) is 9.04. The Morgan fingerprint density at radius 3 is 2.71 bits per heavy atom. The molecule has 4 heteroatoms. The van der Waals surface area contributed by atoms with E-state index < -0.39 is 0 Å². The van der Waals surface area contributed by atoms with Crippen molar-refractivity contribution in [1.29, 1.82) is 0 Å². The van der Waals surface area contributed by atoms with Gasteiger partial charge in [0.1, 0.15) is 0 Å². The summed E-state index contributed by atoms with van der Waals surface area (Å²) >= 11 is 1.83. The van der Waals surface area contributed by atoms with Crippen LogP contribution in [-0.2, 0) is 10.5 Å². The van der Waals surface area contributed by atoms with E-state index in [0.29, 0.717) is 12.3 Å². The lowest BCUT2D eigenvalue weighted by atomic mass is 9.99. The zero-order chi connectivity index (χ0) is 14.7. The molecule has 2 aliphatic rings. The van der Waals surface area contributed by atoms with E-state index in [9.17, 15) is 4.79 Å². The maximum absolute atomic E-state index is 12.2. The first-order chi connectivity index (χ1) is 10.2. The van der Waals surface area contributed by atoms with Gasteiger partial charge >= 0.3 is 0 Å². The molecule has 2 atom stereocenters. The topological polar surface area (TPSA) is 46.3 Å². The van der Waals surface area contributed by atoms with E-state index in [4.69, 9.17) is 5.73 Å². The maximum Gasteiger partial charge on any atom is 0.223 e. The molecule has 2 fully saturated rings. The van der Waals surface area contributed by atoms with Crippen molar-refractivity contribution in [2.45, 2.75) is 31.1 Å². The Labute approximate surface area is 131 Å². The number of rotatable bonds is 6. The highest BCUT2D eigenvalue weighted by Crippen LogP contribution is 2.40. The Morgan fingerprint density at radius 1 is 1.24 bits per heavy atom. The van der Waals surface area contributed by atoms with Crippen molar-refractivity contribution >= 4 is 17.7 Å². The average Bonchev–Trinajstić information content (AvgIpc) is 3.27. The zero-order valence-electron chi connectivity index (χ0n) is 12.4. The number of hydrogen-bond donors (Lipinski definition) is 1. The SMILES string of the molecule is N[C@H]1CN(C(=O)CCSCc2ccccc2)C[C@@H]1C1CC1. The molecule has 0 unspecified atom stereocenters. The zero-order valence-corrected chi connectivity index (χ0v) is 13.2. The summed E-state index contributed by atoms with van der Waals surface area (Å²) in [5.74, 6) is 3.52. The molecule has 0 radical (unpaired) electrons. The van der Waals surface area contributed by atoms with Gasteiger partial charge in [-0.3, -0.25) is 4.79 Å². The third-order valence-electron chi connectivity index (χ3n) is 4.56. The van der Waals surface area contributed by atoms with E-state index in [1.54, 1.807) is 0 Å². The van der Waals surface area contributed by atoms with Crippen molar-refractivity contribution in [3.05, 3.63) is 35.9 Å². The maximum atomic E-state index is 12.2. The van der Waals surface area contributed by atoms with Crippen LogP contribution in [0.5, 0.6) is 0 Å². The molecule has 114 valence electrons. The van der Waals surface area contributed by atoms with E-state index in [0.717, 1.165) is 30.5 Å². The summed E-state index contributed by atoms with van der Waals surface area (Å²) in [6, 6.07) is 10.6. The van der Waals surface area contributed by atoms with Crippen molar-refractivity contribution in [2.75, 3.05) is 18.8 Å². The van der Waals surface area contributed by atoms with E-state index in [1.807, 2.05) is 22.7 Å². The summed E-state index contributed by atoms with van der Waals surface area (Å²) in [6.45, 7) is 1.66. The normalized spacial score (nSPS) is 25.3. The Balaban J connectivity index is 1.37. The lowest BCUT2D eigenvalue weighted by Crippen LogP contribution is -2.32. The smallest absolute Gasteiger partial charge is 0.223 e. The van der Waals surface area contributed by atoms with Crippen LogP contribution in [0.2, 0.25) is 0 Å². The van der Waals surface area contributed by atoms with E-state index in [1.165, 1.54) is 18.4 Å². The molecule has 3 rings (SSSR count). The minimum Gasteiger partial charge on any atom is -0.341 e. The number of nitrogens with zero attached hydrogens (tertiary/aromatic N) is 1. The second-order valence-corrected chi connectivity index (χ2v) is 7.36. The summed E-state index contributed by atoms with van der Waals surface area (Å²) < 4.78 is 0. The van der Waals surface area contributed by atoms with Gasteiger partial charge in [0.15, 0.2) is 0 Å². The fourth-order valence-corrected chi connectivity index (χ4v) is 4.05. The van der Waals surface area contributed by atoms with Gasteiger partial charge in [-0.15, -0.1) is 0 Å². The molecule has 2 N–H and O–H groups in total. The van der Waals surface area contributed by atoms with Gasteiger partial charge in [0.2, 0.25) is 5.91 Å². The number of carbonyl (C=O) groups is 1. The standard InChI is InChI=1S/C17H24N2OS/c18-16-11-19(10-15(16)14-6-7-14)17(20)8-9-21-12-13-4-2-1-3-5-13/h1-5,14-16H,6-12,18H2/t15-,16+/m1/s1. The van der Waals surface area contributed by atoms with Crippen molar-refractivity contribution < 1.29 is 4.79 Å². The number of likely N-dealkylation sites (tertiary alicyclic amines) is 1. The predicted molar refractivity (Wildman–Crippen MR) is 88.0 cm³/mol. The quantitative estimate of drug-likeness (QED) is 0.821. The van der Waals surface area contributed by atoms with Gasteiger partial charge < -0.3 is 10.6 Å². The predicted octanol–water partition coefficient (Wildman–Crippen LogP) is 2.51. The Morgan fingerprint density at radius 2 is 2.00 bits per heavy atom. The molecular formula is C17H24N2OS. The number of benzene rings is 1. The molecule has 0 bridgehead atoms. The van der Waals surface area contributed by atoms with Crippen LogP contribution >= 0.6 is 11.8 Å².